The zero-order valence-corrected chi connectivity index (χ0v) is 6.13. The van der Waals surface area contributed by atoms with Gasteiger partial charge in [0.05, 0.1) is 12.2 Å². The molecule has 0 aliphatic heterocycles. The van der Waals surface area contributed by atoms with E-state index in [1.165, 1.54) is 12.2 Å². The van der Waals surface area contributed by atoms with Gasteiger partial charge < -0.3 is 0 Å². The Morgan fingerprint density at radius 1 is 1.73 bits per heavy atom. The predicted octanol–water partition coefficient (Wildman–Crippen LogP) is 1.42. The molecular weight excluding hydrogens is 168 g/mol. The van der Waals surface area contributed by atoms with Crippen molar-refractivity contribution >= 4 is 17.6 Å². The van der Waals surface area contributed by atoms with Crippen LogP contribution in [0.15, 0.2) is 28.8 Å². The molecule has 1 aliphatic carbocycles. The smallest absolute Gasteiger partial charge is 0.245 e. The van der Waals surface area contributed by atoms with Crippen molar-refractivity contribution in [3.05, 3.63) is 34.9 Å². The van der Waals surface area contributed by atoms with Gasteiger partial charge in [-0.15, -0.1) is 0 Å². The zero-order chi connectivity index (χ0) is 8.27. The summed E-state index contributed by atoms with van der Waals surface area (Å²) >= 11 is 5.54. The van der Waals surface area contributed by atoms with Crippen molar-refractivity contribution in [2.75, 3.05) is 0 Å². The lowest BCUT2D eigenvalue weighted by Gasteiger charge is -1.90. The molecule has 0 unspecified atom stereocenters. The third-order valence-electron chi connectivity index (χ3n) is 1.07. The Labute approximate surface area is 68.2 Å². The fraction of sp³-hybridized carbons (Fsp3) is 0. The second kappa shape index (κ2) is 3.30. The molecule has 0 radical (unpaired) electrons. The minimum atomic E-state index is -0.868. The Kier molecular flexibility index (Phi) is 2.39. The molecule has 0 fully saturated rings. The molecule has 0 aromatic heterocycles. The van der Waals surface area contributed by atoms with Crippen molar-refractivity contribution < 1.29 is 14.9 Å². The van der Waals surface area contributed by atoms with Gasteiger partial charge in [0.25, 0.3) is 0 Å². The van der Waals surface area contributed by atoms with E-state index in [2.05, 4.69) is 11.0 Å². The minimum Gasteiger partial charge on any atom is -0.245 e. The molecule has 1 N–H and O–H groups in total. The van der Waals surface area contributed by atoms with Gasteiger partial charge in [0.1, 0.15) is 5.03 Å². The first-order valence-corrected chi connectivity index (χ1v) is 3.15. The summed E-state index contributed by atoms with van der Waals surface area (Å²) in [7, 11) is 0. The van der Waals surface area contributed by atoms with E-state index in [-0.39, 0.29) is 5.57 Å². The van der Waals surface area contributed by atoms with Gasteiger partial charge in [-0.3, -0.25) is 0 Å². The number of carbonyl (C=O) groups is 1. The quantitative estimate of drug-likeness (QED) is 0.369. The molecule has 0 saturated heterocycles. The molecule has 0 heterocycles. The Balaban J connectivity index is 2.84. The van der Waals surface area contributed by atoms with Gasteiger partial charge in [-0.05, 0) is 0 Å². The highest BCUT2D eigenvalue weighted by Gasteiger charge is 2.20. The van der Waals surface area contributed by atoms with E-state index < -0.39 is 5.97 Å². The number of halogens is 1. The predicted molar refractivity (Wildman–Crippen MR) is 38.6 cm³/mol. The molecule has 0 aromatic rings. The summed E-state index contributed by atoms with van der Waals surface area (Å²) in [6.45, 7) is 0. The van der Waals surface area contributed by atoms with Gasteiger partial charge in [0, 0.05) is 12.2 Å². The second-order valence-electron chi connectivity index (χ2n) is 1.80. The summed E-state index contributed by atoms with van der Waals surface area (Å²) in [6, 6.07) is 0. The van der Waals surface area contributed by atoms with E-state index in [1.54, 1.807) is 6.08 Å². The van der Waals surface area contributed by atoms with Crippen molar-refractivity contribution in [2.45, 2.75) is 0 Å². The standard InChI is InChI=1S/C7H3ClO3/c8-6-3-1-2-5(4-6)7(9)11-10/h1,3-4H/p+1. The van der Waals surface area contributed by atoms with Gasteiger partial charge in [-0.25, -0.2) is 4.89 Å². The van der Waals surface area contributed by atoms with Crippen LogP contribution in [0.4, 0.5) is 0 Å². The van der Waals surface area contributed by atoms with Crippen LogP contribution < -0.4 is 0 Å². The van der Waals surface area contributed by atoms with Crippen molar-refractivity contribution in [1.82, 2.24) is 0 Å². The average molecular weight is 172 g/mol. The number of hydrogen-bond acceptors (Lipinski definition) is 3. The lowest BCUT2D eigenvalue weighted by Crippen LogP contribution is -2.04. The fourth-order valence-electron chi connectivity index (χ4n) is 0.606. The van der Waals surface area contributed by atoms with Crippen LogP contribution in [0.25, 0.3) is 0 Å². The minimum absolute atomic E-state index is 0.0972. The van der Waals surface area contributed by atoms with Crippen LogP contribution in [0.2, 0.25) is 0 Å². The third-order valence-corrected chi connectivity index (χ3v) is 1.30. The Morgan fingerprint density at radius 2 is 2.45 bits per heavy atom. The Morgan fingerprint density at radius 3 is 3.00 bits per heavy atom. The molecule has 0 spiro atoms. The first kappa shape index (κ1) is 7.95. The highest BCUT2D eigenvalue weighted by atomic mass is 35.5. The Bertz CT molecular complexity index is 263. The highest BCUT2D eigenvalue weighted by molar-refractivity contribution is 6.31. The van der Waals surface area contributed by atoms with Gasteiger partial charge in [0.2, 0.25) is 5.57 Å². The molecule has 0 bridgehead atoms. The molecule has 1 rings (SSSR count). The number of carbonyl (C=O) groups excluding carboxylic acids is 1. The van der Waals surface area contributed by atoms with Crippen LogP contribution in [0.5, 0.6) is 0 Å². The highest BCUT2D eigenvalue weighted by Crippen LogP contribution is 2.13. The molecule has 56 valence electrons. The second-order valence-corrected chi connectivity index (χ2v) is 2.24. The summed E-state index contributed by atoms with van der Waals surface area (Å²) in [6.07, 6.45) is 6.92. The van der Waals surface area contributed by atoms with Crippen LogP contribution in [-0.4, -0.2) is 11.2 Å². The maximum absolute atomic E-state index is 10.6. The van der Waals surface area contributed by atoms with Crippen LogP contribution in [0.3, 0.4) is 0 Å². The number of allylic oxidation sites excluding steroid dienone is 4. The van der Waals surface area contributed by atoms with Gasteiger partial charge in [-0.2, -0.15) is 10.1 Å². The molecule has 1 aliphatic rings. The SMILES string of the molecule is O=C(OO)C1=[C+]C=CC(Cl)=C1. The summed E-state index contributed by atoms with van der Waals surface area (Å²) in [5, 5.41) is 8.36. The van der Waals surface area contributed by atoms with Crippen molar-refractivity contribution in [1.29, 1.82) is 0 Å². The van der Waals surface area contributed by atoms with E-state index in [0.717, 1.165) is 0 Å². The van der Waals surface area contributed by atoms with Crippen molar-refractivity contribution in [2.24, 2.45) is 0 Å². The molecule has 0 aromatic carbocycles. The van der Waals surface area contributed by atoms with Gasteiger partial charge in [-0.1, -0.05) is 11.6 Å². The number of rotatable bonds is 1. The maximum atomic E-state index is 10.6. The normalized spacial score (nSPS) is 14.7. The monoisotopic (exact) mass is 171 g/mol. The summed E-state index contributed by atoms with van der Waals surface area (Å²) in [5.41, 5.74) is 0.0972. The fourth-order valence-corrected chi connectivity index (χ4v) is 0.778. The molecule has 0 amide bonds. The molecule has 0 saturated carbocycles. The molecule has 11 heavy (non-hydrogen) atoms. The van der Waals surface area contributed by atoms with Crippen LogP contribution in [0, 0.1) is 6.08 Å². The third kappa shape index (κ3) is 1.88. The summed E-state index contributed by atoms with van der Waals surface area (Å²) in [4.78, 5) is 14.1. The largest absolute Gasteiger partial charge is 0.466 e. The van der Waals surface area contributed by atoms with Crippen LogP contribution in [-0.2, 0) is 9.68 Å². The maximum Gasteiger partial charge on any atom is 0.466 e. The van der Waals surface area contributed by atoms with Crippen LogP contribution in [0.1, 0.15) is 0 Å². The average Bonchev–Trinajstić information content (AvgIpc) is 2.03. The van der Waals surface area contributed by atoms with Crippen molar-refractivity contribution in [3.8, 4) is 0 Å². The van der Waals surface area contributed by atoms with Gasteiger partial charge >= 0.3 is 5.97 Å². The van der Waals surface area contributed by atoms with E-state index in [4.69, 9.17) is 16.9 Å². The molecule has 3 nitrogen and oxygen atoms in total. The van der Waals surface area contributed by atoms with E-state index in [0.29, 0.717) is 5.03 Å². The van der Waals surface area contributed by atoms with E-state index >= 15 is 0 Å². The van der Waals surface area contributed by atoms with Crippen LogP contribution >= 0.6 is 11.6 Å². The zero-order valence-electron chi connectivity index (χ0n) is 5.37. The van der Waals surface area contributed by atoms with E-state index in [1.807, 2.05) is 0 Å². The Hall–Kier alpha value is -1.15. The summed E-state index contributed by atoms with van der Waals surface area (Å²) < 4.78 is 0. The topological polar surface area (TPSA) is 46.5 Å². The molecule has 4 heteroatoms. The van der Waals surface area contributed by atoms with Crippen molar-refractivity contribution in [3.63, 3.8) is 0 Å². The first-order valence-electron chi connectivity index (χ1n) is 2.77. The summed E-state index contributed by atoms with van der Waals surface area (Å²) in [5.74, 6) is -0.868. The lowest BCUT2D eigenvalue weighted by atomic mass is 10.1. The lowest BCUT2D eigenvalue weighted by molar-refractivity contribution is -0.229. The van der Waals surface area contributed by atoms with Gasteiger partial charge in [0.15, 0.2) is 0 Å². The number of hydrogen-bond donors (Lipinski definition) is 1. The first-order chi connectivity index (χ1) is 5.24. The van der Waals surface area contributed by atoms with E-state index in [9.17, 15) is 4.79 Å². The molecular formula is C7H4ClO3+. The molecule has 0 atom stereocenters.